The first-order valence-electron chi connectivity index (χ1n) is 8.09. The highest BCUT2D eigenvalue weighted by Gasteiger charge is 2.17. The summed E-state index contributed by atoms with van der Waals surface area (Å²) < 4.78 is 0. The molecule has 1 N–H and O–H groups in total. The number of nitrogens with zero attached hydrogens (tertiary/aromatic N) is 1. The zero-order chi connectivity index (χ0) is 16.8. The number of amides is 1. The summed E-state index contributed by atoms with van der Waals surface area (Å²) in [5.41, 5.74) is 3.26. The minimum absolute atomic E-state index is 0.0766. The van der Waals surface area contributed by atoms with Crippen molar-refractivity contribution in [2.75, 3.05) is 0 Å². The highest BCUT2D eigenvalue weighted by Crippen LogP contribution is 2.22. The van der Waals surface area contributed by atoms with E-state index in [1.54, 1.807) is 11.3 Å². The predicted octanol–water partition coefficient (Wildman–Crippen LogP) is 4.62. The number of hydrogen-bond donors (Lipinski definition) is 1. The zero-order valence-electron chi connectivity index (χ0n) is 13.6. The van der Waals surface area contributed by atoms with Crippen molar-refractivity contribution in [1.82, 2.24) is 10.3 Å². The maximum atomic E-state index is 12.5. The Morgan fingerprint density at radius 1 is 1.12 bits per heavy atom. The van der Waals surface area contributed by atoms with E-state index in [2.05, 4.69) is 22.4 Å². The Bertz CT molecular complexity index is 767. The second-order valence-electron chi connectivity index (χ2n) is 5.62. The Hall–Kier alpha value is -2.46. The van der Waals surface area contributed by atoms with E-state index in [0.717, 1.165) is 28.1 Å². The molecule has 24 heavy (non-hydrogen) atoms. The summed E-state index contributed by atoms with van der Waals surface area (Å²) in [4.78, 5) is 16.8. The van der Waals surface area contributed by atoms with Crippen LogP contribution in [0.15, 0.2) is 66.2 Å². The summed E-state index contributed by atoms with van der Waals surface area (Å²) in [6, 6.07) is 18.1. The zero-order valence-corrected chi connectivity index (χ0v) is 14.4. The lowest BCUT2D eigenvalue weighted by molar-refractivity contribution is -0.122. The van der Waals surface area contributed by atoms with Crippen molar-refractivity contribution in [2.24, 2.45) is 0 Å². The summed E-state index contributed by atoms with van der Waals surface area (Å²) >= 11 is 1.62. The van der Waals surface area contributed by atoms with Gasteiger partial charge in [-0.2, -0.15) is 0 Å². The fourth-order valence-electron chi connectivity index (χ4n) is 2.70. The van der Waals surface area contributed by atoms with Crippen molar-refractivity contribution < 1.29 is 4.79 Å². The van der Waals surface area contributed by atoms with Gasteiger partial charge < -0.3 is 5.32 Å². The van der Waals surface area contributed by atoms with E-state index in [1.165, 1.54) is 0 Å². The van der Waals surface area contributed by atoms with Crippen LogP contribution in [0.2, 0.25) is 0 Å². The molecule has 3 nitrogen and oxygen atoms in total. The maximum Gasteiger partial charge on any atom is 0.227 e. The van der Waals surface area contributed by atoms with Gasteiger partial charge in [0.2, 0.25) is 5.91 Å². The Morgan fingerprint density at radius 3 is 2.50 bits per heavy atom. The highest BCUT2D eigenvalue weighted by atomic mass is 32.1. The number of nitrogens with one attached hydrogen (secondary N) is 1. The van der Waals surface area contributed by atoms with Crippen molar-refractivity contribution in [3.05, 3.63) is 77.3 Å². The molecule has 0 aliphatic rings. The lowest BCUT2D eigenvalue weighted by Gasteiger charge is -2.15. The van der Waals surface area contributed by atoms with Gasteiger partial charge in [0.05, 0.1) is 5.92 Å². The molecule has 0 bridgehead atoms. The van der Waals surface area contributed by atoms with Gasteiger partial charge in [0.1, 0.15) is 5.01 Å². The van der Waals surface area contributed by atoms with E-state index in [4.69, 9.17) is 0 Å². The molecule has 0 fully saturated rings. The molecule has 0 aliphatic heterocycles. The third kappa shape index (κ3) is 3.89. The molecule has 0 aliphatic carbocycles. The van der Waals surface area contributed by atoms with E-state index in [0.29, 0.717) is 6.54 Å². The van der Waals surface area contributed by atoms with Gasteiger partial charge in [0, 0.05) is 23.7 Å². The third-order valence-corrected chi connectivity index (χ3v) is 4.85. The second kappa shape index (κ2) is 7.88. The van der Waals surface area contributed by atoms with Gasteiger partial charge >= 0.3 is 0 Å². The van der Waals surface area contributed by atoms with Gasteiger partial charge in [-0.25, -0.2) is 4.98 Å². The fourth-order valence-corrected chi connectivity index (χ4v) is 3.35. The third-order valence-electron chi connectivity index (χ3n) is 4.03. The van der Waals surface area contributed by atoms with Crippen LogP contribution in [0.5, 0.6) is 0 Å². The van der Waals surface area contributed by atoms with E-state index >= 15 is 0 Å². The van der Waals surface area contributed by atoms with E-state index in [-0.39, 0.29) is 11.8 Å². The Kier molecular flexibility index (Phi) is 5.39. The van der Waals surface area contributed by atoms with Crippen molar-refractivity contribution in [2.45, 2.75) is 25.8 Å². The topological polar surface area (TPSA) is 42.0 Å². The molecule has 0 unspecified atom stereocenters. The van der Waals surface area contributed by atoms with Crippen LogP contribution in [0.25, 0.3) is 10.6 Å². The Balaban J connectivity index is 1.61. The standard InChI is InChI=1S/C20H20N2OS/c1-2-18(16-6-4-3-5-7-16)19(23)22-14-15-8-10-17(11-9-15)20-21-12-13-24-20/h3-13,18H,2,14H2,1H3,(H,22,23)/t18-/m1/s1. The van der Waals surface area contributed by atoms with Crippen molar-refractivity contribution in [1.29, 1.82) is 0 Å². The van der Waals surface area contributed by atoms with Crippen LogP contribution < -0.4 is 5.32 Å². The molecule has 0 saturated carbocycles. The first kappa shape index (κ1) is 16.4. The molecule has 1 aromatic heterocycles. The molecule has 1 amide bonds. The SMILES string of the molecule is CC[C@@H](C(=O)NCc1ccc(-c2nccs2)cc1)c1ccccc1. The molecule has 1 heterocycles. The Labute approximate surface area is 146 Å². The molecular formula is C20H20N2OS. The first-order chi connectivity index (χ1) is 11.8. The monoisotopic (exact) mass is 336 g/mol. The molecule has 2 aromatic carbocycles. The van der Waals surface area contributed by atoms with Crippen LogP contribution in [0.4, 0.5) is 0 Å². The van der Waals surface area contributed by atoms with Gasteiger partial charge in [0.25, 0.3) is 0 Å². The lowest BCUT2D eigenvalue weighted by atomic mass is 9.95. The quantitative estimate of drug-likeness (QED) is 0.713. The van der Waals surface area contributed by atoms with Gasteiger partial charge in [-0.3, -0.25) is 4.79 Å². The maximum absolute atomic E-state index is 12.5. The van der Waals surface area contributed by atoms with Gasteiger partial charge in [-0.05, 0) is 17.5 Å². The van der Waals surface area contributed by atoms with E-state index in [9.17, 15) is 4.79 Å². The molecule has 0 radical (unpaired) electrons. The summed E-state index contributed by atoms with van der Waals surface area (Å²) in [6.07, 6.45) is 2.60. The smallest absolute Gasteiger partial charge is 0.227 e. The van der Waals surface area contributed by atoms with Crippen LogP contribution in [0, 0.1) is 0 Å². The predicted molar refractivity (Wildman–Crippen MR) is 98.9 cm³/mol. The Morgan fingerprint density at radius 2 is 1.88 bits per heavy atom. The van der Waals surface area contributed by atoms with E-state index in [1.807, 2.05) is 61.0 Å². The average molecular weight is 336 g/mol. The van der Waals surface area contributed by atoms with Crippen molar-refractivity contribution >= 4 is 17.2 Å². The average Bonchev–Trinajstić information content (AvgIpc) is 3.17. The highest BCUT2D eigenvalue weighted by molar-refractivity contribution is 7.13. The van der Waals surface area contributed by atoms with Gasteiger partial charge in [-0.15, -0.1) is 11.3 Å². The normalized spacial score (nSPS) is 11.9. The van der Waals surface area contributed by atoms with Crippen LogP contribution in [-0.2, 0) is 11.3 Å². The number of carbonyl (C=O) groups excluding carboxylic acids is 1. The molecule has 1 atom stereocenters. The van der Waals surface area contributed by atoms with Crippen LogP contribution in [-0.4, -0.2) is 10.9 Å². The first-order valence-corrected chi connectivity index (χ1v) is 8.97. The second-order valence-corrected chi connectivity index (χ2v) is 6.52. The lowest BCUT2D eigenvalue weighted by Crippen LogP contribution is -2.28. The molecule has 0 spiro atoms. The van der Waals surface area contributed by atoms with Crippen molar-refractivity contribution in [3.63, 3.8) is 0 Å². The fraction of sp³-hybridized carbons (Fsp3) is 0.200. The summed E-state index contributed by atoms with van der Waals surface area (Å²) in [5, 5.41) is 6.04. The summed E-state index contributed by atoms with van der Waals surface area (Å²) in [7, 11) is 0. The number of thiazole rings is 1. The number of aromatic nitrogens is 1. The number of hydrogen-bond acceptors (Lipinski definition) is 3. The van der Waals surface area contributed by atoms with Crippen LogP contribution in [0.3, 0.4) is 0 Å². The summed E-state index contributed by atoms with van der Waals surface area (Å²) in [5.74, 6) is -0.0199. The van der Waals surface area contributed by atoms with Crippen molar-refractivity contribution in [3.8, 4) is 10.6 Å². The molecule has 3 aromatic rings. The molecular weight excluding hydrogens is 316 g/mol. The molecule has 3 rings (SSSR count). The van der Waals surface area contributed by atoms with Crippen LogP contribution >= 0.6 is 11.3 Å². The number of carbonyl (C=O) groups is 1. The molecule has 122 valence electrons. The van der Waals surface area contributed by atoms with Crippen LogP contribution in [0.1, 0.15) is 30.4 Å². The van der Waals surface area contributed by atoms with E-state index < -0.39 is 0 Å². The summed E-state index contributed by atoms with van der Waals surface area (Å²) in [6.45, 7) is 2.58. The molecule has 4 heteroatoms. The number of rotatable bonds is 6. The molecule has 0 saturated heterocycles. The minimum Gasteiger partial charge on any atom is -0.351 e. The van der Waals surface area contributed by atoms with Gasteiger partial charge in [0.15, 0.2) is 0 Å². The minimum atomic E-state index is -0.0965. The largest absolute Gasteiger partial charge is 0.351 e. The van der Waals surface area contributed by atoms with Gasteiger partial charge in [-0.1, -0.05) is 61.5 Å². The number of benzene rings is 2.